The van der Waals surface area contributed by atoms with Gasteiger partial charge in [0.15, 0.2) is 0 Å². The molecule has 0 atom stereocenters. The lowest BCUT2D eigenvalue weighted by atomic mass is 10.1. The van der Waals surface area contributed by atoms with Crippen molar-refractivity contribution in [1.29, 1.82) is 0 Å². The molecule has 1 aromatic carbocycles. The van der Waals surface area contributed by atoms with Gasteiger partial charge in [-0.15, -0.1) is 0 Å². The molecular formula is C15H24ClNO. The minimum absolute atomic E-state index is 0.705. The van der Waals surface area contributed by atoms with Crippen LogP contribution >= 0.6 is 11.6 Å². The number of unbranched alkanes of at least 4 members (excludes halogenated alkanes) is 4. The van der Waals surface area contributed by atoms with Crippen LogP contribution in [0.1, 0.15) is 44.6 Å². The molecule has 0 saturated heterocycles. The molecule has 0 fully saturated rings. The molecule has 1 N–H and O–H groups in total. The fourth-order valence-electron chi connectivity index (χ4n) is 1.92. The van der Waals surface area contributed by atoms with Crippen LogP contribution < -0.4 is 10.1 Å². The van der Waals surface area contributed by atoms with Crippen LogP contribution in [-0.2, 0) is 6.54 Å². The molecule has 0 aliphatic rings. The molecule has 1 rings (SSSR count). The van der Waals surface area contributed by atoms with Gasteiger partial charge in [-0.3, -0.25) is 0 Å². The third-order valence-corrected chi connectivity index (χ3v) is 3.21. The van der Waals surface area contributed by atoms with Crippen molar-refractivity contribution < 1.29 is 4.74 Å². The summed E-state index contributed by atoms with van der Waals surface area (Å²) in [4.78, 5) is 0. The van der Waals surface area contributed by atoms with E-state index < -0.39 is 0 Å². The van der Waals surface area contributed by atoms with Crippen LogP contribution in [0.2, 0.25) is 5.02 Å². The maximum atomic E-state index is 6.17. The molecule has 0 amide bonds. The first-order valence-corrected chi connectivity index (χ1v) is 7.22. The Bertz CT molecular complexity index is 341. The highest BCUT2D eigenvalue weighted by molar-refractivity contribution is 6.32. The number of ether oxygens (including phenoxy) is 1. The van der Waals surface area contributed by atoms with E-state index in [1.54, 1.807) is 0 Å². The Kier molecular flexibility index (Phi) is 7.86. The maximum absolute atomic E-state index is 6.17. The minimum Gasteiger partial charge on any atom is -0.492 e. The zero-order valence-corrected chi connectivity index (χ0v) is 12.2. The van der Waals surface area contributed by atoms with E-state index in [4.69, 9.17) is 16.3 Å². The van der Waals surface area contributed by atoms with E-state index in [9.17, 15) is 0 Å². The van der Waals surface area contributed by atoms with Crippen LogP contribution in [0.25, 0.3) is 0 Å². The Morgan fingerprint density at radius 1 is 1.17 bits per heavy atom. The molecular weight excluding hydrogens is 246 g/mol. The topological polar surface area (TPSA) is 21.3 Å². The molecule has 0 saturated carbocycles. The molecule has 102 valence electrons. The second-order valence-corrected chi connectivity index (χ2v) is 4.93. The summed E-state index contributed by atoms with van der Waals surface area (Å²) < 4.78 is 5.83. The third-order valence-electron chi connectivity index (χ3n) is 2.91. The van der Waals surface area contributed by atoms with Crippen LogP contribution in [0.5, 0.6) is 5.75 Å². The summed E-state index contributed by atoms with van der Waals surface area (Å²) in [6.07, 6.45) is 6.23. The lowest BCUT2D eigenvalue weighted by molar-refractivity contribution is 0.301. The Hall–Kier alpha value is -0.730. The lowest BCUT2D eigenvalue weighted by Gasteiger charge is -2.12. The van der Waals surface area contributed by atoms with E-state index >= 15 is 0 Å². The van der Waals surface area contributed by atoms with E-state index in [0.717, 1.165) is 30.9 Å². The van der Waals surface area contributed by atoms with E-state index in [1.807, 2.05) is 19.2 Å². The molecule has 0 heterocycles. The van der Waals surface area contributed by atoms with Crippen molar-refractivity contribution >= 4 is 11.6 Å². The Morgan fingerprint density at radius 3 is 2.67 bits per heavy atom. The van der Waals surface area contributed by atoms with Crippen LogP contribution in [0, 0.1) is 0 Å². The van der Waals surface area contributed by atoms with Crippen molar-refractivity contribution in [3.63, 3.8) is 0 Å². The summed E-state index contributed by atoms with van der Waals surface area (Å²) in [5.74, 6) is 0.837. The Balaban J connectivity index is 2.40. The average molecular weight is 270 g/mol. The summed E-state index contributed by atoms with van der Waals surface area (Å²) in [7, 11) is 1.93. The van der Waals surface area contributed by atoms with Gasteiger partial charge in [0.2, 0.25) is 0 Å². The number of nitrogens with one attached hydrogen (secondary N) is 1. The molecule has 0 unspecified atom stereocenters. The molecule has 0 aliphatic carbocycles. The quantitative estimate of drug-likeness (QED) is 0.671. The van der Waals surface area contributed by atoms with Gasteiger partial charge in [-0.05, 0) is 19.5 Å². The van der Waals surface area contributed by atoms with Crippen molar-refractivity contribution in [2.75, 3.05) is 13.7 Å². The van der Waals surface area contributed by atoms with Crippen molar-refractivity contribution in [2.24, 2.45) is 0 Å². The summed E-state index contributed by atoms with van der Waals surface area (Å²) >= 11 is 6.17. The highest BCUT2D eigenvalue weighted by atomic mass is 35.5. The third kappa shape index (κ3) is 5.28. The number of hydrogen-bond acceptors (Lipinski definition) is 2. The molecule has 0 bridgehead atoms. The van der Waals surface area contributed by atoms with Gasteiger partial charge in [-0.2, -0.15) is 0 Å². The molecule has 2 nitrogen and oxygen atoms in total. The summed E-state index contributed by atoms with van der Waals surface area (Å²) in [5, 5.41) is 3.84. The van der Waals surface area contributed by atoms with Gasteiger partial charge in [0.05, 0.1) is 11.6 Å². The average Bonchev–Trinajstić information content (AvgIpc) is 2.36. The van der Waals surface area contributed by atoms with Crippen LogP contribution in [-0.4, -0.2) is 13.7 Å². The molecule has 0 aliphatic heterocycles. The number of benzene rings is 1. The fraction of sp³-hybridized carbons (Fsp3) is 0.600. The number of halogens is 1. The van der Waals surface area contributed by atoms with Gasteiger partial charge in [0.25, 0.3) is 0 Å². The van der Waals surface area contributed by atoms with E-state index in [2.05, 4.69) is 18.3 Å². The molecule has 3 heteroatoms. The normalized spacial score (nSPS) is 10.6. The number of hydrogen-bond donors (Lipinski definition) is 1. The monoisotopic (exact) mass is 269 g/mol. The SMILES string of the molecule is CCCCCCCOc1c(Cl)cccc1CNC. The molecule has 0 radical (unpaired) electrons. The van der Waals surface area contributed by atoms with E-state index in [-0.39, 0.29) is 0 Å². The Labute approximate surface area is 116 Å². The van der Waals surface area contributed by atoms with Crippen LogP contribution in [0.15, 0.2) is 18.2 Å². The minimum atomic E-state index is 0.705. The molecule has 18 heavy (non-hydrogen) atoms. The zero-order chi connectivity index (χ0) is 13.2. The fourth-order valence-corrected chi connectivity index (χ4v) is 2.17. The first kappa shape index (κ1) is 15.3. The molecule has 1 aromatic rings. The smallest absolute Gasteiger partial charge is 0.142 e. The second kappa shape index (κ2) is 9.23. The molecule has 0 spiro atoms. The zero-order valence-electron chi connectivity index (χ0n) is 11.5. The molecule has 0 aromatic heterocycles. The van der Waals surface area contributed by atoms with Gasteiger partial charge >= 0.3 is 0 Å². The first-order chi connectivity index (χ1) is 8.79. The van der Waals surface area contributed by atoms with Crippen molar-refractivity contribution in [3.05, 3.63) is 28.8 Å². The van der Waals surface area contributed by atoms with Gasteiger partial charge in [0, 0.05) is 12.1 Å². The van der Waals surface area contributed by atoms with Gasteiger partial charge in [-0.1, -0.05) is 56.3 Å². The van der Waals surface area contributed by atoms with Gasteiger partial charge in [-0.25, -0.2) is 0 Å². The summed E-state index contributed by atoms with van der Waals surface area (Å²) in [5.41, 5.74) is 1.12. The highest BCUT2D eigenvalue weighted by Gasteiger charge is 2.07. The predicted molar refractivity (Wildman–Crippen MR) is 78.5 cm³/mol. The van der Waals surface area contributed by atoms with Gasteiger partial charge < -0.3 is 10.1 Å². The predicted octanol–water partition coefficient (Wildman–Crippen LogP) is 4.41. The van der Waals surface area contributed by atoms with Crippen molar-refractivity contribution in [1.82, 2.24) is 5.32 Å². The van der Waals surface area contributed by atoms with E-state index in [0.29, 0.717) is 5.02 Å². The summed E-state index contributed by atoms with van der Waals surface area (Å²) in [6.45, 7) is 3.76. The Morgan fingerprint density at radius 2 is 1.94 bits per heavy atom. The number of rotatable bonds is 9. The van der Waals surface area contributed by atoms with Gasteiger partial charge in [0.1, 0.15) is 5.75 Å². The van der Waals surface area contributed by atoms with E-state index in [1.165, 1.54) is 25.7 Å². The maximum Gasteiger partial charge on any atom is 0.142 e. The van der Waals surface area contributed by atoms with Crippen LogP contribution in [0.3, 0.4) is 0 Å². The standard InChI is InChI=1S/C15H24ClNO/c1-3-4-5-6-7-11-18-15-13(12-17-2)9-8-10-14(15)16/h8-10,17H,3-7,11-12H2,1-2H3. The van der Waals surface area contributed by atoms with Crippen molar-refractivity contribution in [3.8, 4) is 5.75 Å². The first-order valence-electron chi connectivity index (χ1n) is 6.84. The highest BCUT2D eigenvalue weighted by Crippen LogP contribution is 2.28. The lowest BCUT2D eigenvalue weighted by Crippen LogP contribution is -2.08. The number of para-hydroxylation sites is 1. The van der Waals surface area contributed by atoms with Crippen LogP contribution in [0.4, 0.5) is 0 Å². The largest absolute Gasteiger partial charge is 0.492 e. The second-order valence-electron chi connectivity index (χ2n) is 4.52. The van der Waals surface area contributed by atoms with Crippen molar-refractivity contribution in [2.45, 2.75) is 45.6 Å². The summed E-state index contributed by atoms with van der Waals surface area (Å²) in [6, 6.07) is 5.89.